The average Bonchev–Trinajstić information content (AvgIpc) is 3.21. The Kier molecular flexibility index (Phi) is 3.98. The molecule has 5 nitrogen and oxygen atoms in total. The van der Waals surface area contributed by atoms with Crippen LogP contribution < -0.4 is 5.32 Å². The Bertz CT molecular complexity index is 1170. The van der Waals surface area contributed by atoms with Gasteiger partial charge < -0.3 is 9.88 Å². The molecule has 3 heterocycles. The molecule has 3 aromatic rings. The predicted molar refractivity (Wildman–Crippen MR) is 110 cm³/mol. The van der Waals surface area contributed by atoms with Gasteiger partial charge in [0.15, 0.2) is 11.6 Å². The molecule has 1 aromatic carbocycles. The van der Waals surface area contributed by atoms with E-state index in [1.165, 1.54) is 12.1 Å². The summed E-state index contributed by atoms with van der Waals surface area (Å²) in [6, 6.07) is 8.67. The fourth-order valence-electron chi connectivity index (χ4n) is 4.88. The third-order valence-electron chi connectivity index (χ3n) is 6.16. The van der Waals surface area contributed by atoms with Gasteiger partial charge in [0.05, 0.1) is 0 Å². The fourth-order valence-corrected chi connectivity index (χ4v) is 4.88. The number of hydrogen-bond acceptors (Lipinski definition) is 3. The fraction of sp³-hybridized carbons (Fsp3) is 0.304. The third kappa shape index (κ3) is 2.66. The predicted octanol–water partition coefficient (Wildman–Crippen LogP) is 4.83. The molecule has 1 aliphatic carbocycles. The van der Waals surface area contributed by atoms with Gasteiger partial charge in [0.2, 0.25) is 0 Å². The molecule has 5 rings (SSSR count). The molecule has 2 aromatic heterocycles. The Labute approximate surface area is 168 Å². The zero-order valence-electron chi connectivity index (χ0n) is 16.8. The normalized spacial score (nSPS) is 18.5. The highest BCUT2D eigenvalue weighted by molar-refractivity contribution is 6.01. The monoisotopic (exact) mass is 390 g/mol. The van der Waals surface area contributed by atoms with Crippen LogP contribution in [0.5, 0.6) is 0 Å². The smallest absolute Gasteiger partial charge is 0.161 e. The molecule has 2 N–H and O–H groups in total. The lowest BCUT2D eigenvalue weighted by Crippen LogP contribution is -2.27. The van der Waals surface area contributed by atoms with Gasteiger partial charge in [-0.25, -0.2) is 4.39 Å². The number of benzene rings is 1. The summed E-state index contributed by atoms with van der Waals surface area (Å²) >= 11 is 0. The lowest BCUT2D eigenvalue weighted by molar-refractivity contribution is -0.116. The van der Waals surface area contributed by atoms with E-state index in [-0.39, 0.29) is 17.5 Å². The number of allylic oxidation sites excluding steroid dienone is 2. The van der Waals surface area contributed by atoms with E-state index in [0.29, 0.717) is 6.42 Å². The third-order valence-corrected chi connectivity index (χ3v) is 6.16. The largest absolute Gasteiger partial charge is 0.342 e. The number of nitrogens with zero attached hydrogens (tertiary/aromatic N) is 2. The van der Waals surface area contributed by atoms with Crippen LogP contribution in [0.4, 0.5) is 10.2 Å². The number of anilines is 1. The van der Waals surface area contributed by atoms with Crippen LogP contribution in [0.2, 0.25) is 0 Å². The van der Waals surface area contributed by atoms with Crippen LogP contribution in [0, 0.1) is 26.6 Å². The number of H-pyrrole nitrogens is 1. The highest BCUT2D eigenvalue weighted by Crippen LogP contribution is 2.47. The van der Waals surface area contributed by atoms with Gasteiger partial charge in [-0.05, 0) is 69.5 Å². The van der Waals surface area contributed by atoms with Gasteiger partial charge in [-0.15, -0.1) is 0 Å². The minimum atomic E-state index is -0.254. The number of carbonyl (C=O) groups is 1. The van der Waals surface area contributed by atoms with Crippen LogP contribution in [0.25, 0.3) is 5.69 Å². The van der Waals surface area contributed by atoms with E-state index in [9.17, 15) is 9.18 Å². The van der Waals surface area contributed by atoms with E-state index in [0.717, 1.165) is 63.8 Å². The summed E-state index contributed by atoms with van der Waals surface area (Å²) < 4.78 is 15.6. The van der Waals surface area contributed by atoms with Crippen LogP contribution in [-0.4, -0.2) is 20.5 Å². The van der Waals surface area contributed by atoms with Crippen molar-refractivity contribution in [2.75, 3.05) is 5.32 Å². The molecule has 1 aliphatic heterocycles. The number of hydrogen-bond donors (Lipinski definition) is 2. The molecule has 148 valence electrons. The zero-order valence-corrected chi connectivity index (χ0v) is 16.8. The summed E-state index contributed by atoms with van der Waals surface area (Å²) in [6.07, 6.45) is 2.31. The summed E-state index contributed by atoms with van der Waals surface area (Å²) in [6.45, 7) is 6.11. The number of nitrogens with one attached hydrogen (secondary N) is 2. The summed E-state index contributed by atoms with van der Waals surface area (Å²) in [7, 11) is 0. The number of aromatic nitrogens is 3. The molecule has 0 saturated carbocycles. The van der Waals surface area contributed by atoms with Crippen molar-refractivity contribution in [1.82, 2.24) is 14.8 Å². The van der Waals surface area contributed by atoms with Crippen LogP contribution in [0.15, 0.2) is 41.6 Å². The number of Topliss-reactive ketones (excluding diaryl/α,β-unsaturated/α-hetero) is 1. The van der Waals surface area contributed by atoms with E-state index >= 15 is 0 Å². The van der Waals surface area contributed by atoms with Crippen molar-refractivity contribution in [3.05, 3.63) is 75.6 Å². The molecule has 0 spiro atoms. The molecule has 29 heavy (non-hydrogen) atoms. The Morgan fingerprint density at radius 3 is 2.66 bits per heavy atom. The second kappa shape index (κ2) is 6.44. The van der Waals surface area contributed by atoms with Crippen molar-refractivity contribution in [3.63, 3.8) is 0 Å². The minimum Gasteiger partial charge on any atom is -0.342 e. The van der Waals surface area contributed by atoms with Crippen molar-refractivity contribution < 1.29 is 9.18 Å². The molecule has 1 atom stereocenters. The van der Waals surface area contributed by atoms with Crippen LogP contribution >= 0.6 is 0 Å². The minimum absolute atomic E-state index is 0.145. The van der Waals surface area contributed by atoms with Crippen molar-refractivity contribution >= 4 is 11.6 Å². The molecule has 0 unspecified atom stereocenters. The van der Waals surface area contributed by atoms with Crippen LogP contribution in [0.3, 0.4) is 0 Å². The van der Waals surface area contributed by atoms with Crippen molar-refractivity contribution in [2.24, 2.45) is 0 Å². The number of fused-ring (bicyclic) bond motifs is 1. The number of aryl methyl sites for hydroxylation is 2. The highest BCUT2D eigenvalue weighted by atomic mass is 19.1. The number of rotatable bonds is 2. The van der Waals surface area contributed by atoms with E-state index in [4.69, 9.17) is 0 Å². The molecule has 2 aliphatic rings. The Morgan fingerprint density at radius 1 is 1.14 bits per heavy atom. The van der Waals surface area contributed by atoms with Crippen molar-refractivity contribution in [2.45, 2.75) is 46.0 Å². The molecule has 6 heteroatoms. The first-order valence-corrected chi connectivity index (χ1v) is 9.98. The van der Waals surface area contributed by atoms with Gasteiger partial charge in [-0.1, -0.05) is 0 Å². The first-order valence-electron chi connectivity index (χ1n) is 9.98. The summed E-state index contributed by atoms with van der Waals surface area (Å²) in [5.41, 5.74) is 7.99. The Morgan fingerprint density at radius 2 is 1.90 bits per heavy atom. The molecule has 0 fully saturated rings. The van der Waals surface area contributed by atoms with Crippen molar-refractivity contribution in [3.8, 4) is 5.69 Å². The summed E-state index contributed by atoms with van der Waals surface area (Å²) in [5, 5.41) is 10.9. The first kappa shape index (κ1) is 17.9. The van der Waals surface area contributed by atoms with Crippen LogP contribution in [-0.2, 0) is 4.79 Å². The maximum atomic E-state index is 13.4. The quantitative estimate of drug-likeness (QED) is 0.659. The van der Waals surface area contributed by atoms with Gasteiger partial charge >= 0.3 is 0 Å². The topological polar surface area (TPSA) is 62.7 Å². The van der Waals surface area contributed by atoms with E-state index < -0.39 is 0 Å². The standard InChI is InChI=1S/C23H23FN4O/c1-12-11-17(14(3)28(12)16-9-7-15(24)8-10-16)21-20-13(2)26-27-23(20)25-18-5-4-6-19(29)22(18)21/h7-11,21H,4-6H2,1-3H3,(H2,25,26,27)/t21-/m0/s1. The SMILES string of the molecule is Cc1[nH]nc2c1[C@H](c1cc(C)n(-c3ccc(F)cc3)c1C)C1=C(CCCC1=O)N2. The average molecular weight is 390 g/mol. The second-order valence-corrected chi connectivity index (χ2v) is 7.98. The van der Waals surface area contributed by atoms with Gasteiger partial charge in [0.1, 0.15) is 5.82 Å². The van der Waals surface area contributed by atoms with Crippen molar-refractivity contribution in [1.29, 1.82) is 0 Å². The molecule has 0 radical (unpaired) electrons. The molecule has 0 bridgehead atoms. The van der Waals surface area contributed by atoms with Gasteiger partial charge in [-0.3, -0.25) is 9.89 Å². The lowest BCUT2D eigenvalue weighted by atomic mass is 9.76. The second-order valence-electron chi connectivity index (χ2n) is 7.98. The molecule has 0 saturated heterocycles. The van der Waals surface area contributed by atoms with Gasteiger partial charge in [0.25, 0.3) is 0 Å². The van der Waals surface area contributed by atoms with E-state index in [1.807, 2.05) is 13.8 Å². The molecular weight excluding hydrogens is 367 g/mol. The number of halogens is 1. The first-order chi connectivity index (χ1) is 14.0. The summed E-state index contributed by atoms with van der Waals surface area (Å²) in [5.74, 6) is 0.623. The molecular formula is C23H23FN4O. The number of carbonyl (C=O) groups excluding carboxylic acids is 1. The summed E-state index contributed by atoms with van der Waals surface area (Å²) in [4.78, 5) is 13.0. The van der Waals surface area contributed by atoms with Crippen LogP contribution in [0.1, 0.15) is 53.4 Å². The number of ketones is 1. The zero-order chi connectivity index (χ0) is 20.3. The number of aromatic amines is 1. The van der Waals surface area contributed by atoms with E-state index in [2.05, 4.69) is 33.1 Å². The van der Waals surface area contributed by atoms with Gasteiger partial charge in [0, 0.05) is 51.9 Å². The van der Waals surface area contributed by atoms with Gasteiger partial charge in [-0.2, -0.15) is 5.10 Å². The maximum absolute atomic E-state index is 13.4. The molecule has 0 amide bonds. The Hall–Kier alpha value is -3.15. The highest BCUT2D eigenvalue weighted by Gasteiger charge is 2.39. The van der Waals surface area contributed by atoms with E-state index in [1.54, 1.807) is 12.1 Å². The maximum Gasteiger partial charge on any atom is 0.161 e. The lowest BCUT2D eigenvalue weighted by Gasteiger charge is -2.32. The Balaban J connectivity index is 1.73.